The first-order valence-electron chi connectivity index (χ1n) is 10.9. The second kappa shape index (κ2) is 9.97. The Morgan fingerprint density at radius 3 is 2.41 bits per heavy atom. The predicted octanol–water partition coefficient (Wildman–Crippen LogP) is 5.40. The molecule has 2 heterocycles. The molecule has 34 heavy (non-hydrogen) atoms. The van der Waals surface area contributed by atoms with Gasteiger partial charge in [-0.1, -0.05) is 59.8 Å². The zero-order valence-corrected chi connectivity index (χ0v) is 19.5. The van der Waals surface area contributed by atoms with Crippen LogP contribution < -0.4 is 14.8 Å². The number of aryl methyl sites for hydroxylation is 1. The third kappa shape index (κ3) is 5.21. The van der Waals surface area contributed by atoms with E-state index in [4.69, 9.17) is 9.47 Å². The van der Waals surface area contributed by atoms with E-state index in [0.29, 0.717) is 17.9 Å². The molecular weight excluding hydrogens is 446 g/mol. The largest absolute Gasteiger partial charge is 0.454 e. The molecule has 0 aliphatic carbocycles. The van der Waals surface area contributed by atoms with Gasteiger partial charge in [-0.15, -0.1) is 10.2 Å². The number of fused-ring (bicyclic) bond motifs is 1. The molecule has 0 spiro atoms. The summed E-state index contributed by atoms with van der Waals surface area (Å²) in [5, 5.41) is 12.5. The van der Waals surface area contributed by atoms with E-state index in [9.17, 15) is 4.79 Å². The van der Waals surface area contributed by atoms with Gasteiger partial charge >= 0.3 is 0 Å². The highest BCUT2D eigenvalue weighted by atomic mass is 32.2. The first-order chi connectivity index (χ1) is 16.6. The maximum absolute atomic E-state index is 12.5. The van der Waals surface area contributed by atoms with E-state index >= 15 is 0 Å². The summed E-state index contributed by atoms with van der Waals surface area (Å²) in [5.74, 6) is 2.08. The Balaban J connectivity index is 1.13. The Morgan fingerprint density at radius 2 is 1.65 bits per heavy atom. The highest BCUT2D eigenvalue weighted by molar-refractivity contribution is 7.98. The molecule has 7 heteroatoms. The Bertz CT molecular complexity index is 1290. The molecule has 1 aromatic heterocycles. The maximum Gasteiger partial charge on any atom is 0.251 e. The summed E-state index contributed by atoms with van der Waals surface area (Å²) in [7, 11) is 0. The van der Waals surface area contributed by atoms with Gasteiger partial charge in [-0.05, 0) is 54.4 Å². The first-order valence-corrected chi connectivity index (χ1v) is 11.9. The van der Waals surface area contributed by atoms with Crippen LogP contribution in [0.4, 0.5) is 0 Å². The van der Waals surface area contributed by atoms with Crippen LogP contribution in [0.5, 0.6) is 11.5 Å². The molecular formula is C27H23N3O3S. The molecule has 1 aliphatic heterocycles. The van der Waals surface area contributed by atoms with Crippen molar-refractivity contribution < 1.29 is 14.3 Å². The fraction of sp³-hybridized carbons (Fsp3) is 0.148. The van der Waals surface area contributed by atoms with Crippen molar-refractivity contribution >= 4 is 17.7 Å². The molecule has 3 aromatic carbocycles. The Hall–Kier alpha value is -3.84. The van der Waals surface area contributed by atoms with E-state index in [1.165, 1.54) is 5.56 Å². The molecule has 4 aromatic rings. The minimum atomic E-state index is -0.116. The average Bonchev–Trinajstić information content (AvgIpc) is 3.35. The van der Waals surface area contributed by atoms with Crippen LogP contribution in [0, 0.1) is 6.92 Å². The summed E-state index contributed by atoms with van der Waals surface area (Å²) in [4.78, 5) is 12.5. The minimum Gasteiger partial charge on any atom is -0.454 e. The fourth-order valence-corrected chi connectivity index (χ4v) is 4.29. The van der Waals surface area contributed by atoms with Crippen LogP contribution in [0.15, 0.2) is 83.9 Å². The number of rotatable bonds is 7. The van der Waals surface area contributed by atoms with Crippen LogP contribution in [0.25, 0.3) is 11.3 Å². The molecule has 0 radical (unpaired) electrons. The van der Waals surface area contributed by atoms with Crippen LogP contribution in [-0.2, 0) is 12.3 Å². The highest BCUT2D eigenvalue weighted by Gasteiger charge is 2.14. The van der Waals surface area contributed by atoms with Crippen molar-refractivity contribution in [1.29, 1.82) is 0 Å². The summed E-state index contributed by atoms with van der Waals surface area (Å²) in [5.41, 5.74) is 5.83. The number of hydrogen-bond donors (Lipinski definition) is 1. The standard InChI is InChI=1S/C27H23N3O3S/c1-18-2-7-21(8-3-18)23-11-13-26(30-29-23)34-16-19-4-9-22(10-5-19)27(31)28-15-20-6-12-24-25(14-20)33-17-32-24/h2-14H,15-17H2,1H3,(H,28,31). The SMILES string of the molecule is Cc1ccc(-c2ccc(SCc3ccc(C(=O)NCc4ccc5c(c4)OCO5)cc3)nn2)cc1. The Labute approximate surface area is 202 Å². The number of benzene rings is 3. The second-order valence-corrected chi connectivity index (χ2v) is 8.97. The van der Waals surface area contributed by atoms with Crippen molar-refractivity contribution in [1.82, 2.24) is 15.5 Å². The average molecular weight is 470 g/mol. The number of hydrogen-bond acceptors (Lipinski definition) is 6. The van der Waals surface area contributed by atoms with Crippen LogP contribution in [0.2, 0.25) is 0 Å². The monoisotopic (exact) mass is 469 g/mol. The molecule has 1 amide bonds. The van der Waals surface area contributed by atoms with Gasteiger partial charge in [0, 0.05) is 23.4 Å². The lowest BCUT2D eigenvalue weighted by molar-refractivity contribution is 0.0951. The molecule has 0 saturated heterocycles. The zero-order chi connectivity index (χ0) is 23.3. The number of thioether (sulfide) groups is 1. The minimum absolute atomic E-state index is 0.116. The molecule has 0 saturated carbocycles. The zero-order valence-electron chi connectivity index (χ0n) is 18.7. The smallest absolute Gasteiger partial charge is 0.251 e. The van der Waals surface area contributed by atoms with Crippen molar-refractivity contribution in [2.24, 2.45) is 0 Å². The second-order valence-electron chi connectivity index (χ2n) is 7.98. The van der Waals surface area contributed by atoms with Gasteiger partial charge < -0.3 is 14.8 Å². The van der Waals surface area contributed by atoms with Gasteiger partial charge in [-0.25, -0.2) is 0 Å². The lowest BCUT2D eigenvalue weighted by atomic mass is 10.1. The molecule has 170 valence electrons. The Morgan fingerprint density at radius 1 is 0.882 bits per heavy atom. The lowest BCUT2D eigenvalue weighted by Crippen LogP contribution is -2.22. The molecule has 1 N–H and O–H groups in total. The van der Waals surface area contributed by atoms with E-state index in [1.54, 1.807) is 11.8 Å². The van der Waals surface area contributed by atoms with Crippen molar-refractivity contribution in [2.75, 3.05) is 6.79 Å². The van der Waals surface area contributed by atoms with Crippen molar-refractivity contribution in [3.63, 3.8) is 0 Å². The van der Waals surface area contributed by atoms with Crippen molar-refractivity contribution in [3.8, 4) is 22.8 Å². The third-order valence-electron chi connectivity index (χ3n) is 5.48. The molecule has 0 atom stereocenters. The maximum atomic E-state index is 12.5. The molecule has 0 unspecified atom stereocenters. The van der Waals surface area contributed by atoms with E-state index in [-0.39, 0.29) is 12.7 Å². The summed E-state index contributed by atoms with van der Waals surface area (Å²) in [6.45, 7) is 2.72. The van der Waals surface area contributed by atoms with Gasteiger partial charge in [0.05, 0.1) is 5.69 Å². The van der Waals surface area contributed by atoms with Gasteiger partial charge in [0.1, 0.15) is 5.03 Å². The summed E-state index contributed by atoms with van der Waals surface area (Å²) in [6.07, 6.45) is 0. The summed E-state index contributed by atoms with van der Waals surface area (Å²) >= 11 is 1.62. The normalized spacial score (nSPS) is 11.9. The van der Waals surface area contributed by atoms with Crippen LogP contribution in [-0.4, -0.2) is 22.9 Å². The van der Waals surface area contributed by atoms with Gasteiger partial charge in [0.25, 0.3) is 5.91 Å². The van der Waals surface area contributed by atoms with E-state index in [2.05, 4.69) is 46.7 Å². The Kier molecular flexibility index (Phi) is 6.44. The van der Waals surface area contributed by atoms with Crippen LogP contribution >= 0.6 is 11.8 Å². The number of nitrogens with one attached hydrogen (secondary N) is 1. The van der Waals surface area contributed by atoms with Crippen molar-refractivity contribution in [2.45, 2.75) is 24.2 Å². The number of nitrogens with zero attached hydrogens (tertiary/aromatic N) is 2. The van der Waals surface area contributed by atoms with E-state index < -0.39 is 0 Å². The van der Waals surface area contributed by atoms with Crippen molar-refractivity contribution in [3.05, 3.63) is 101 Å². The predicted molar refractivity (Wildman–Crippen MR) is 132 cm³/mol. The number of ether oxygens (including phenoxy) is 2. The number of amides is 1. The topological polar surface area (TPSA) is 73.3 Å². The lowest BCUT2D eigenvalue weighted by Gasteiger charge is -2.07. The molecule has 5 rings (SSSR count). The van der Waals surface area contributed by atoms with Crippen LogP contribution in [0.1, 0.15) is 27.0 Å². The van der Waals surface area contributed by atoms with E-state index in [0.717, 1.165) is 38.9 Å². The fourth-order valence-electron chi connectivity index (χ4n) is 3.52. The van der Waals surface area contributed by atoms with Gasteiger partial charge in [-0.3, -0.25) is 4.79 Å². The van der Waals surface area contributed by atoms with Gasteiger partial charge in [-0.2, -0.15) is 0 Å². The number of carbonyl (C=O) groups is 1. The molecule has 0 fully saturated rings. The van der Waals surface area contributed by atoms with Gasteiger partial charge in [0.15, 0.2) is 11.5 Å². The number of carbonyl (C=O) groups excluding carboxylic acids is 1. The quantitative estimate of drug-likeness (QED) is 0.365. The van der Waals surface area contributed by atoms with Crippen LogP contribution in [0.3, 0.4) is 0 Å². The highest BCUT2D eigenvalue weighted by Crippen LogP contribution is 2.32. The number of aromatic nitrogens is 2. The third-order valence-corrected chi connectivity index (χ3v) is 6.47. The summed E-state index contributed by atoms with van der Waals surface area (Å²) in [6, 6.07) is 25.5. The molecule has 1 aliphatic rings. The summed E-state index contributed by atoms with van der Waals surface area (Å²) < 4.78 is 10.7. The van der Waals surface area contributed by atoms with Gasteiger partial charge in [0.2, 0.25) is 6.79 Å². The van der Waals surface area contributed by atoms with E-state index in [1.807, 2.05) is 54.6 Å². The molecule has 0 bridgehead atoms. The molecule has 6 nitrogen and oxygen atoms in total. The first kappa shape index (κ1) is 22.0.